The average molecular weight is 402 g/mol. The van der Waals surface area contributed by atoms with E-state index in [0.29, 0.717) is 10.9 Å². The van der Waals surface area contributed by atoms with Crippen LogP contribution in [0.1, 0.15) is 15.9 Å². The molecule has 0 atom stereocenters. The van der Waals surface area contributed by atoms with Crippen LogP contribution in [0.15, 0.2) is 53.4 Å². The second-order valence-electron chi connectivity index (χ2n) is 6.08. The molecule has 0 bridgehead atoms. The van der Waals surface area contributed by atoms with E-state index in [1.165, 1.54) is 30.3 Å². The molecule has 1 amide bonds. The summed E-state index contributed by atoms with van der Waals surface area (Å²) in [7, 11) is -4.45. The van der Waals surface area contributed by atoms with Gasteiger partial charge in [0.05, 0.1) is 15.5 Å². The maximum Gasteiger partial charge on any atom is 0.294 e. The van der Waals surface area contributed by atoms with Crippen molar-refractivity contribution in [1.82, 2.24) is 0 Å². The number of phenolic OH excluding ortho intramolecular Hbond substituents is 1. The average Bonchev–Trinajstić information content (AvgIpc) is 2.60. The number of benzene rings is 3. The number of aromatic hydroxyl groups is 1. The Morgan fingerprint density at radius 3 is 2.46 bits per heavy atom. The van der Waals surface area contributed by atoms with Gasteiger partial charge in [-0.25, -0.2) is 0 Å². The van der Waals surface area contributed by atoms with Crippen LogP contribution in [-0.4, -0.2) is 28.9 Å². The maximum absolute atomic E-state index is 12.6. The summed E-state index contributed by atoms with van der Waals surface area (Å²) in [5, 5.41) is 24.2. The predicted octanol–water partition coefficient (Wildman–Crippen LogP) is 3.26. The molecule has 3 rings (SSSR count). The van der Waals surface area contributed by atoms with Crippen molar-refractivity contribution in [3.8, 4) is 5.75 Å². The van der Waals surface area contributed by atoms with Crippen molar-refractivity contribution < 1.29 is 27.8 Å². The number of carbonyl (C=O) groups is 1. The smallest absolute Gasteiger partial charge is 0.294 e. The van der Waals surface area contributed by atoms with Gasteiger partial charge in [0, 0.05) is 17.5 Å². The summed E-state index contributed by atoms with van der Waals surface area (Å²) in [6.07, 6.45) is 0. The number of amides is 1. The Kier molecular flexibility index (Phi) is 4.75. The van der Waals surface area contributed by atoms with Crippen LogP contribution in [-0.2, 0) is 10.1 Å². The van der Waals surface area contributed by atoms with E-state index in [1.807, 2.05) is 0 Å². The van der Waals surface area contributed by atoms with Gasteiger partial charge in [0.1, 0.15) is 11.3 Å². The van der Waals surface area contributed by atoms with E-state index in [0.717, 1.165) is 12.1 Å². The van der Waals surface area contributed by atoms with Crippen LogP contribution in [0.2, 0.25) is 0 Å². The quantitative estimate of drug-likeness (QED) is 0.345. The first-order valence-electron chi connectivity index (χ1n) is 7.87. The summed E-state index contributed by atoms with van der Waals surface area (Å²) in [4.78, 5) is 22.8. The molecule has 0 saturated carbocycles. The lowest BCUT2D eigenvalue weighted by molar-refractivity contribution is -0.385. The van der Waals surface area contributed by atoms with Crippen LogP contribution in [0.5, 0.6) is 5.75 Å². The zero-order valence-electron chi connectivity index (χ0n) is 14.4. The third kappa shape index (κ3) is 3.77. The standard InChI is InChI=1S/C18H14N2O7S/c1-10-2-4-15(17(6-10)20(23)24)18(22)19-16-9-12(21)7-11-8-13(28(25,26)27)3-5-14(11)16/h2-9,21H,1H3,(H,19,22)(H,25,26,27). The van der Waals surface area contributed by atoms with Gasteiger partial charge in [0.15, 0.2) is 0 Å². The van der Waals surface area contributed by atoms with E-state index in [9.17, 15) is 28.4 Å². The fourth-order valence-corrected chi connectivity index (χ4v) is 3.29. The van der Waals surface area contributed by atoms with Gasteiger partial charge in [-0.1, -0.05) is 12.1 Å². The van der Waals surface area contributed by atoms with E-state index in [4.69, 9.17) is 4.55 Å². The van der Waals surface area contributed by atoms with Crippen LogP contribution in [0.4, 0.5) is 11.4 Å². The van der Waals surface area contributed by atoms with Gasteiger partial charge in [0.25, 0.3) is 21.7 Å². The largest absolute Gasteiger partial charge is 0.508 e. The van der Waals surface area contributed by atoms with Crippen molar-refractivity contribution in [1.29, 1.82) is 0 Å². The Hall–Kier alpha value is -3.50. The number of nitro groups is 1. The van der Waals surface area contributed by atoms with Crippen molar-refractivity contribution >= 4 is 38.2 Å². The molecule has 0 aromatic heterocycles. The third-order valence-electron chi connectivity index (χ3n) is 4.05. The van der Waals surface area contributed by atoms with E-state index in [1.54, 1.807) is 13.0 Å². The molecule has 28 heavy (non-hydrogen) atoms. The van der Waals surface area contributed by atoms with Gasteiger partial charge in [-0.15, -0.1) is 0 Å². The Morgan fingerprint density at radius 2 is 1.82 bits per heavy atom. The molecule has 10 heteroatoms. The van der Waals surface area contributed by atoms with Gasteiger partial charge in [-0.05, 0) is 42.1 Å². The first-order valence-corrected chi connectivity index (χ1v) is 9.31. The molecule has 0 fully saturated rings. The fraction of sp³-hybridized carbons (Fsp3) is 0.0556. The van der Waals surface area contributed by atoms with Gasteiger partial charge in [0.2, 0.25) is 0 Å². The lowest BCUT2D eigenvalue weighted by atomic mass is 10.1. The Labute approximate surface area is 159 Å². The molecule has 0 aliphatic carbocycles. The number of rotatable bonds is 4. The fourth-order valence-electron chi connectivity index (χ4n) is 2.77. The Bertz CT molecular complexity index is 1240. The zero-order valence-corrected chi connectivity index (χ0v) is 15.2. The first-order chi connectivity index (χ1) is 13.1. The van der Waals surface area contributed by atoms with Crippen LogP contribution in [0.3, 0.4) is 0 Å². The molecule has 3 N–H and O–H groups in total. The van der Waals surface area contributed by atoms with Crippen molar-refractivity contribution in [2.45, 2.75) is 11.8 Å². The number of aryl methyl sites for hydroxylation is 1. The van der Waals surface area contributed by atoms with Crippen molar-refractivity contribution in [3.63, 3.8) is 0 Å². The molecular formula is C18H14N2O7S. The first kappa shape index (κ1) is 19.3. The van der Waals surface area contributed by atoms with Crippen LogP contribution in [0.25, 0.3) is 10.8 Å². The monoisotopic (exact) mass is 402 g/mol. The zero-order chi connectivity index (χ0) is 20.6. The SMILES string of the molecule is Cc1ccc(C(=O)Nc2cc(O)cc3cc(S(=O)(=O)O)ccc23)c([N+](=O)[O-])c1. The summed E-state index contributed by atoms with van der Waals surface area (Å²) < 4.78 is 31.8. The van der Waals surface area contributed by atoms with E-state index in [-0.39, 0.29) is 33.0 Å². The number of nitro benzene ring substituents is 1. The summed E-state index contributed by atoms with van der Waals surface area (Å²) in [5.74, 6) is -1.04. The minimum Gasteiger partial charge on any atom is -0.508 e. The van der Waals surface area contributed by atoms with Crippen LogP contribution >= 0.6 is 0 Å². The number of anilines is 1. The highest BCUT2D eigenvalue weighted by atomic mass is 32.2. The number of nitrogens with zero attached hydrogens (tertiary/aromatic N) is 1. The molecule has 3 aromatic carbocycles. The number of hydrogen-bond acceptors (Lipinski definition) is 6. The highest BCUT2D eigenvalue weighted by Crippen LogP contribution is 2.31. The number of fused-ring (bicyclic) bond motifs is 1. The summed E-state index contributed by atoms with van der Waals surface area (Å²) in [6, 6.07) is 10.3. The number of carbonyl (C=O) groups excluding carboxylic acids is 1. The highest BCUT2D eigenvalue weighted by molar-refractivity contribution is 7.85. The third-order valence-corrected chi connectivity index (χ3v) is 4.90. The van der Waals surface area contributed by atoms with Crippen LogP contribution < -0.4 is 5.32 Å². The molecule has 0 spiro atoms. The summed E-state index contributed by atoms with van der Waals surface area (Å²) in [5.41, 5.74) is 0.206. The molecule has 3 aromatic rings. The summed E-state index contributed by atoms with van der Waals surface area (Å²) >= 11 is 0. The minimum atomic E-state index is -4.45. The van der Waals surface area contributed by atoms with E-state index >= 15 is 0 Å². The molecule has 0 heterocycles. The normalized spacial score (nSPS) is 11.4. The van der Waals surface area contributed by atoms with Gasteiger partial charge in [-0.3, -0.25) is 19.5 Å². The van der Waals surface area contributed by atoms with E-state index in [2.05, 4.69) is 5.32 Å². The summed E-state index contributed by atoms with van der Waals surface area (Å²) in [6.45, 7) is 1.66. The predicted molar refractivity (Wildman–Crippen MR) is 101 cm³/mol. The number of phenols is 1. The molecule has 0 unspecified atom stereocenters. The molecule has 0 aliphatic rings. The van der Waals surface area contributed by atoms with Gasteiger partial charge >= 0.3 is 0 Å². The van der Waals surface area contributed by atoms with E-state index < -0.39 is 20.9 Å². The van der Waals surface area contributed by atoms with Crippen molar-refractivity contribution in [3.05, 3.63) is 69.8 Å². The molecule has 0 radical (unpaired) electrons. The highest BCUT2D eigenvalue weighted by Gasteiger charge is 2.21. The van der Waals surface area contributed by atoms with Gasteiger partial charge < -0.3 is 10.4 Å². The Morgan fingerprint density at radius 1 is 1.11 bits per heavy atom. The minimum absolute atomic E-state index is 0.122. The number of nitrogens with one attached hydrogen (secondary N) is 1. The van der Waals surface area contributed by atoms with Gasteiger partial charge in [-0.2, -0.15) is 8.42 Å². The van der Waals surface area contributed by atoms with Crippen molar-refractivity contribution in [2.75, 3.05) is 5.32 Å². The lowest BCUT2D eigenvalue weighted by Crippen LogP contribution is -2.14. The molecular weight excluding hydrogens is 388 g/mol. The molecule has 0 saturated heterocycles. The lowest BCUT2D eigenvalue weighted by Gasteiger charge is -2.11. The molecule has 144 valence electrons. The number of hydrogen-bond donors (Lipinski definition) is 3. The Balaban J connectivity index is 2.08. The molecule has 9 nitrogen and oxygen atoms in total. The van der Waals surface area contributed by atoms with Crippen LogP contribution in [0, 0.1) is 17.0 Å². The second-order valence-corrected chi connectivity index (χ2v) is 7.50. The maximum atomic E-state index is 12.6. The topological polar surface area (TPSA) is 147 Å². The second kappa shape index (κ2) is 6.91. The van der Waals surface area contributed by atoms with Crippen molar-refractivity contribution in [2.24, 2.45) is 0 Å². The molecule has 0 aliphatic heterocycles.